The minimum Gasteiger partial charge on any atom is -0.450 e. The Kier molecular flexibility index (Phi) is 4.43. The van der Waals surface area contributed by atoms with Crippen molar-refractivity contribution in [1.82, 2.24) is 5.32 Å². The lowest BCUT2D eigenvalue weighted by Crippen LogP contribution is -2.33. The summed E-state index contributed by atoms with van der Waals surface area (Å²) in [7, 11) is 0. The summed E-state index contributed by atoms with van der Waals surface area (Å²) >= 11 is 0. The van der Waals surface area contributed by atoms with Gasteiger partial charge >= 0.3 is 6.09 Å². The fourth-order valence-corrected chi connectivity index (χ4v) is 1.45. The first-order valence-corrected chi connectivity index (χ1v) is 5.17. The number of amides is 1. The molecular formula is C10H17NO3. The Hall–Kier alpha value is -1.06. The van der Waals surface area contributed by atoms with E-state index in [0.717, 1.165) is 19.3 Å². The van der Waals surface area contributed by atoms with E-state index in [1.54, 1.807) is 0 Å². The van der Waals surface area contributed by atoms with Crippen LogP contribution >= 0.6 is 0 Å². The van der Waals surface area contributed by atoms with Gasteiger partial charge in [0.1, 0.15) is 5.78 Å². The van der Waals surface area contributed by atoms with E-state index in [0.29, 0.717) is 19.4 Å². The van der Waals surface area contributed by atoms with Crippen LogP contribution in [0.25, 0.3) is 0 Å². The number of rotatable bonds is 4. The lowest BCUT2D eigenvalue weighted by atomic mass is 10.2. The summed E-state index contributed by atoms with van der Waals surface area (Å²) in [5.74, 6) is 0.226. The van der Waals surface area contributed by atoms with Crippen molar-refractivity contribution in [3.05, 3.63) is 0 Å². The highest BCUT2D eigenvalue weighted by molar-refractivity contribution is 5.82. The Labute approximate surface area is 84.0 Å². The van der Waals surface area contributed by atoms with Gasteiger partial charge < -0.3 is 10.1 Å². The largest absolute Gasteiger partial charge is 0.450 e. The molecule has 1 N–H and O–H groups in total. The van der Waals surface area contributed by atoms with Gasteiger partial charge in [0.05, 0.1) is 6.61 Å². The second-order valence-electron chi connectivity index (χ2n) is 3.61. The maximum Gasteiger partial charge on any atom is 0.407 e. The van der Waals surface area contributed by atoms with Crippen LogP contribution in [0.15, 0.2) is 0 Å². The van der Waals surface area contributed by atoms with E-state index >= 15 is 0 Å². The van der Waals surface area contributed by atoms with Crippen molar-refractivity contribution in [2.75, 3.05) is 6.61 Å². The van der Waals surface area contributed by atoms with Gasteiger partial charge in [-0.05, 0) is 12.8 Å². The third-order valence-corrected chi connectivity index (χ3v) is 2.30. The van der Waals surface area contributed by atoms with E-state index in [2.05, 4.69) is 5.32 Å². The first kappa shape index (κ1) is 11.0. The Bertz CT molecular complexity index is 215. The summed E-state index contributed by atoms with van der Waals surface area (Å²) in [5.41, 5.74) is 0. The molecule has 1 saturated carbocycles. The fraction of sp³-hybridized carbons (Fsp3) is 0.800. The summed E-state index contributed by atoms with van der Waals surface area (Å²) in [5, 5.41) is 2.69. The van der Waals surface area contributed by atoms with E-state index < -0.39 is 6.09 Å². The average molecular weight is 199 g/mol. The number of ketones is 1. The molecule has 0 aromatic heterocycles. The molecule has 1 rings (SSSR count). The predicted molar refractivity (Wildman–Crippen MR) is 52.0 cm³/mol. The molecule has 1 fully saturated rings. The fourth-order valence-electron chi connectivity index (χ4n) is 1.45. The van der Waals surface area contributed by atoms with Crippen LogP contribution in [0, 0.1) is 0 Å². The van der Waals surface area contributed by atoms with Crippen LogP contribution in [0.5, 0.6) is 0 Å². The number of Topliss-reactive ketones (excluding diaryl/α,β-unsaturated/α-hetero) is 1. The molecule has 0 aromatic rings. The molecule has 1 atom stereocenters. The molecule has 4 heteroatoms. The van der Waals surface area contributed by atoms with Crippen molar-refractivity contribution in [2.24, 2.45) is 0 Å². The molecule has 0 spiro atoms. The molecule has 1 amide bonds. The monoisotopic (exact) mass is 199 g/mol. The summed E-state index contributed by atoms with van der Waals surface area (Å²) in [6.07, 6.45) is 3.30. The molecule has 1 unspecified atom stereocenters. The highest BCUT2D eigenvalue weighted by atomic mass is 16.5. The zero-order chi connectivity index (χ0) is 10.4. The van der Waals surface area contributed by atoms with E-state index in [1.165, 1.54) is 0 Å². The number of hydrogen-bond donors (Lipinski definition) is 1. The molecule has 0 heterocycles. The zero-order valence-corrected chi connectivity index (χ0v) is 8.54. The van der Waals surface area contributed by atoms with Crippen LogP contribution in [0.1, 0.15) is 39.0 Å². The van der Waals surface area contributed by atoms with E-state index in [4.69, 9.17) is 4.74 Å². The maximum atomic E-state index is 11.1. The maximum absolute atomic E-state index is 11.1. The smallest absolute Gasteiger partial charge is 0.407 e. The summed E-state index contributed by atoms with van der Waals surface area (Å²) < 4.78 is 4.92. The third kappa shape index (κ3) is 3.77. The molecule has 0 aromatic carbocycles. The molecule has 0 aliphatic heterocycles. The van der Waals surface area contributed by atoms with Gasteiger partial charge in [0.25, 0.3) is 0 Å². The number of ether oxygens (including phenoxy) is 1. The van der Waals surface area contributed by atoms with Crippen molar-refractivity contribution in [1.29, 1.82) is 0 Å². The van der Waals surface area contributed by atoms with Crippen LogP contribution in [0.3, 0.4) is 0 Å². The SMILES string of the molecule is CCCCOC(=O)NC1CCC(=O)C1. The van der Waals surface area contributed by atoms with Crippen LogP contribution in [0.4, 0.5) is 4.79 Å². The summed E-state index contributed by atoms with van der Waals surface area (Å²) in [4.78, 5) is 22.0. The van der Waals surface area contributed by atoms with Crippen LogP contribution < -0.4 is 5.32 Å². The van der Waals surface area contributed by atoms with Gasteiger partial charge in [-0.25, -0.2) is 4.79 Å². The topological polar surface area (TPSA) is 55.4 Å². The molecule has 14 heavy (non-hydrogen) atoms. The van der Waals surface area contributed by atoms with Gasteiger partial charge in [0.15, 0.2) is 0 Å². The lowest BCUT2D eigenvalue weighted by Gasteiger charge is -2.10. The van der Waals surface area contributed by atoms with E-state index in [9.17, 15) is 9.59 Å². The molecule has 1 aliphatic rings. The molecule has 0 bridgehead atoms. The van der Waals surface area contributed by atoms with Crippen LogP contribution in [-0.2, 0) is 9.53 Å². The molecule has 0 radical (unpaired) electrons. The Morgan fingerprint density at radius 3 is 3.00 bits per heavy atom. The van der Waals surface area contributed by atoms with Crippen LogP contribution in [0.2, 0.25) is 0 Å². The Morgan fingerprint density at radius 2 is 2.43 bits per heavy atom. The first-order chi connectivity index (χ1) is 6.72. The zero-order valence-electron chi connectivity index (χ0n) is 8.54. The molecule has 4 nitrogen and oxygen atoms in total. The van der Waals surface area contributed by atoms with Gasteiger partial charge in [0, 0.05) is 18.9 Å². The minimum absolute atomic E-state index is 0.00312. The summed E-state index contributed by atoms with van der Waals surface area (Å²) in [6, 6.07) is -0.00312. The molecule has 0 saturated heterocycles. The summed E-state index contributed by atoms with van der Waals surface area (Å²) in [6.45, 7) is 2.50. The van der Waals surface area contributed by atoms with E-state index in [-0.39, 0.29) is 11.8 Å². The standard InChI is InChI=1S/C10H17NO3/c1-2-3-6-14-10(13)11-8-4-5-9(12)7-8/h8H,2-7H2,1H3,(H,11,13). The minimum atomic E-state index is -0.391. The molecule has 1 aliphatic carbocycles. The lowest BCUT2D eigenvalue weighted by molar-refractivity contribution is -0.117. The van der Waals surface area contributed by atoms with Crippen molar-refractivity contribution in [3.63, 3.8) is 0 Å². The number of unbranched alkanes of at least 4 members (excludes halogenated alkanes) is 1. The van der Waals surface area contributed by atoms with Gasteiger partial charge in [-0.2, -0.15) is 0 Å². The van der Waals surface area contributed by atoms with Gasteiger partial charge in [-0.15, -0.1) is 0 Å². The second-order valence-corrected chi connectivity index (χ2v) is 3.61. The predicted octanol–water partition coefficient (Wildman–Crippen LogP) is 1.63. The van der Waals surface area contributed by atoms with Gasteiger partial charge in [0.2, 0.25) is 0 Å². The number of hydrogen-bond acceptors (Lipinski definition) is 3. The second kappa shape index (κ2) is 5.62. The Balaban J connectivity index is 2.11. The van der Waals surface area contributed by atoms with Crippen molar-refractivity contribution >= 4 is 11.9 Å². The number of nitrogens with one attached hydrogen (secondary N) is 1. The first-order valence-electron chi connectivity index (χ1n) is 5.17. The third-order valence-electron chi connectivity index (χ3n) is 2.30. The highest BCUT2D eigenvalue weighted by Gasteiger charge is 2.23. The molecular weight excluding hydrogens is 182 g/mol. The average Bonchev–Trinajstić information content (AvgIpc) is 2.52. The Morgan fingerprint density at radius 1 is 1.64 bits per heavy atom. The molecule has 80 valence electrons. The van der Waals surface area contributed by atoms with Crippen molar-refractivity contribution < 1.29 is 14.3 Å². The van der Waals surface area contributed by atoms with Crippen LogP contribution in [-0.4, -0.2) is 24.5 Å². The number of alkyl carbamates (subject to hydrolysis) is 1. The van der Waals surface area contributed by atoms with Gasteiger partial charge in [-0.1, -0.05) is 13.3 Å². The van der Waals surface area contributed by atoms with Crippen molar-refractivity contribution in [2.45, 2.75) is 45.1 Å². The number of carbonyl (C=O) groups is 2. The highest BCUT2D eigenvalue weighted by Crippen LogP contribution is 2.14. The van der Waals surface area contributed by atoms with Crippen molar-refractivity contribution in [3.8, 4) is 0 Å². The quantitative estimate of drug-likeness (QED) is 0.700. The van der Waals surface area contributed by atoms with Gasteiger partial charge in [-0.3, -0.25) is 4.79 Å². The van der Waals surface area contributed by atoms with E-state index in [1.807, 2.05) is 6.92 Å². The number of carbonyl (C=O) groups excluding carboxylic acids is 2. The normalized spacial score (nSPS) is 20.9.